The lowest BCUT2D eigenvalue weighted by molar-refractivity contribution is -0.145. The number of carbonyl (C=O) groups is 4. The first kappa shape index (κ1) is 44.2. The van der Waals surface area contributed by atoms with E-state index in [1.165, 1.54) is 7.11 Å². The number of carbonyl (C=O) groups excluding carboxylic acids is 4. The number of ether oxygens (including phenoxy) is 2. The molecule has 4 aromatic rings. The van der Waals surface area contributed by atoms with Gasteiger partial charge in [-0.3, -0.25) is 14.6 Å². The molecule has 0 aliphatic rings. The number of aromatic nitrogens is 1. The Morgan fingerprint density at radius 2 is 1.47 bits per heavy atom. The maximum atomic E-state index is 14.4. The standard InChI is InChI=1S/C43H56ClN7O6/c1-43(2,3)57-42(55)49-33(25-29-17-20-32(44)21-18-29)22-19-30(24-28-12-7-6-8-13-28)38(52)50-36(16-11-23-47-41(45)46-4)39(53)51-37(40(54)56-5)26-31-27-48-35-15-10-9-14-34(31)35/h6-10,12-15,17-18,20-21,27,30,33,36-37,48H,11,16,19,22-26H2,1-5H3,(H,49,55)(H,50,52)(H,51,53)(H3,45,46,47)/t30-,33-,36+,37+/m1/s1. The second kappa shape index (κ2) is 21.7. The van der Waals surface area contributed by atoms with E-state index >= 15 is 0 Å². The number of para-hydroxylation sites is 1. The molecule has 1 aromatic heterocycles. The lowest BCUT2D eigenvalue weighted by Crippen LogP contribution is -2.53. The molecule has 13 nitrogen and oxygen atoms in total. The normalized spacial score (nSPS) is 13.8. The Labute approximate surface area is 339 Å². The quantitative estimate of drug-likeness (QED) is 0.0306. The lowest BCUT2D eigenvalue weighted by Gasteiger charge is -2.27. The van der Waals surface area contributed by atoms with Crippen molar-refractivity contribution in [3.05, 3.63) is 107 Å². The monoisotopic (exact) mass is 801 g/mol. The molecule has 0 unspecified atom stereocenters. The van der Waals surface area contributed by atoms with E-state index < -0.39 is 41.6 Å². The predicted octanol–water partition coefficient (Wildman–Crippen LogP) is 5.60. The fourth-order valence-corrected chi connectivity index (χ4v) is 6.65. The van der Waals surface area contributed by atoms with E-state index in [2.05, 4.69) is 31.2 Å². The molecule has 0 spiro atoms. The molecule has 3 amide bonds. The third kappa shape index (κ3) is 14.8. The summed E-state index contributed by atoms with van der Waals surface area (Å²) in [5.74, 6) is -1.81. The highest BCUT2D eigenvalue weighted by atomic mass is 35.5. The van der Waals surface area contributed by atoms with E-state index in [9.17, 15) is 19.2 Å². The van der Waals surface area contributed by atoms with Crippen LogP contribution in [0, 0.1) is 5.92 Å². The average molecular weight is 802 g/mol. The van der Waals surface area contributed by atoms with Gasteiger partial charge in [0, 0.05) is 54.1 Å². The van der Waals surface area contributed by atoms with Crippen molar-refractivity contribution in [2.24, 2.45) is 16.6 Å². The largest absolute Gasteiger partial charge is 0.467 e. The van der Waals surface area contributed by atoms with Crippen LogP contribution in [0.15, 0.2) is 90.1 Å². The highest BCUT2D eigenvalue weighted by Gasteiger charge is 2.31. The molecule has 0 aliphatic heterocycles. The van der Waals surface area contributed by atoms with Gasteiger partial charge in [-0.15, -0.1) is 0 Å². The molecule has 0 saturated heterocycles. The van der Waals surface area contributed by atoms with Crippen molar-refractivity contribution in [1.29, 1.82) is 0 Å². The molecule has 0 bridgehead atoms. The number of hydrogen-bond acceptors (Lipinski definition) is 7. The van der Waals surface area contributed by atoms with Crippen LogP contribution in [0.5, 0.6) is 0 Å². The molecule has 306 valence electrons. The number of esters is 1. The number of halogens is 1. The highest BCUT2D eigenvalue weighted by Crippen LogP contribution is 2.22. The topological polar surface area (TPSA) is 189 Å². The van der Waals surface area contributed by atoms with Gasteiger partial charge in [-0.05, 0) is 94.2 Å². The highest BCUT2D eigenvalue weighted by molar-refractivity contribution is 6.30. The fourth-order valence-electron chi connectivity index (χ4n) is 6.52. The van der Waals surface area contributed by atoms with Gasteiger partial charge in [0.15, 0.2) is 5.96 Å². The Balaban J connectivity index is 1.57. The molecule has 4 rings (SSSR count). The van der Waals surface area contributed by atoms with Crippen LogP contribution in [0.3, 0.4) is 0 Å². The second-order valence-corrected chi connectivity index (χ2v) is 15.5. The molecule has 14 heteroatoms. The molecule has 4 atom stereocenters. The Hall–Kier alpha value is -5.56. The molecule has 3 aromatic carbocycles. The zero-order chi connectivity index (χ0) is 41.4. The van der Waals surface area contributed by atoms with Crippen LogP contribution in [0.2, 0.25) is 5.02 Å². The fraction of sp³-hybridized carbons (Fsp3) is 0.419. The Bertz CT molecular complexity index is 1940. The molecule has 0 saturated carbocycles. The van der Waals surface area contributed by atoms with E-state index in [-0.39, 0.29) is 30.8 Å². The molecular formula is C43H56ClN7O6. The van der Waals surface area contributed by atoms with E-state index in [0.29, 0.717) is 43.7 Å². The van der Waals surface area contributed by atoms with Gasteiger partial charge in [0.2, 0.25) is 11.8 Å². The first-order valence-corrected chi connectivity index (χ1v) is 19.6. The number of fused-ring (bicyclic) bond motifs is 1. The van der Waals surface area contributed by atoms with E-state index in [4.69, 9.17) is 26.8 Å². The van der Waals surface area contributed by atoms with Gasteiger partial charge in [-0.1, -0.05) is 72.3 Å². The summed E-state index contributed by atoms with van der Waals surface area (Å²) in [6.45, 7) is 5.79. The van der Waals surface area contributed by atoms with Gasteiger partial charge in [-0.2, -0.15) is 0 Å². The van der Waals surface area contributed by atoms with E-state index in [1.54, 1.807) is 40.0 Å². The summed E-state index contributed by atoms with van der Waals surface area (Å²) < 4.78 is 10.7. The Morgan fingerprint density at radius 3 is 2.16 bits per heavy atom. The first-order chi connectivity index (χ1) is 27.2. The third-order valence-electron chi connectivity index (χ3n) is 9.43. The summed E-state index contributed by atoms with van der Waals surface area (Å²) in [6.07, 6.45) is 3.77. The molecule has 0 fully saturated rings. The number of aliphatic imine (C=N–C) groups is 1. The molecule has 7 N–H and O–H groups in total. The van der Waals surface area contributed by atoms with Crippen molar-refractivity contribution in [3.8, 4) is 0 Å². The van der Waals surface area contributed by atoms with Crippen LogP contribution in [-0.4, -0.2) is 79.2 Å². The predicted molar refractivity (Wildman–Crippen MR) is 224 cm³/mol. The Morgan fingerprint density at radius 1 is 0.807 bits per heavy atom. The number of rotatable bonds is 19. The van der Waals surface area contributed by atoms with Crippen molar-refractivity contribution >= 4 is 52.3 Å². The van der Waals surface area contributed by atoms with Crippen LogP contribution in [0.1, 0.15) is 63.1 Å². The van der Waals surface area contributed by atoms with Crippen molar-refractivity contribution in [2.45, 2.75) is 89.4 Å². The number of nitrogens with two attached hydrogens (primary N) is 1. The summed E-state index contributed by atoms with van der Waals surface area (Å²) in [5.41, 5.74) is 8.75. The summed E-state index contributed by atoms with van der Waals surface area (Å²) in [6, 6.07) is 22.3. The third-order valence-corrected chi connectivity index (χ3v) is 9.68. The number of nitrogens with one attached hydrogen (secondary N) is 5. The number of H-pyrrole nitrogens is 1. The van der Waals surface area contributed by atoms with Crippen LogP contribution in [0.4, 0.5) is 4.79 Å². The number of amides is 3. The average Bonchev–Trinajstić information content (AvgIpc) is 3.59. The van der Waals surface area contributed by atoms with Crippen molar-refractivity contribution in [3.63, 3.8) is 0 Å². The number of hydrogen-bond donors (Lipinski definition) is 6. The minimum absolute atomic E-state index is 0.171. The molecule has 0 radical (unpaired) electrons. The minimum atomic E-state index is -1.02. The van der Waals surface area contributed by atoms with Gasteiger partial charge in [-0.25, -0.2) is 9.59 Å². The van der Waals surface area contributed by atoms with Crippen LogP contribution in [0.25, 0.3) is 10.9 Å². The smallest absolute Gasteiger partial charge is 0.407 e. The maximum Gasteiger partial charge on any atom is 0.407 e. The molecule has 0 aliphatic carbocycles. The Kier molecular flexibility index (Phi) is 16.8. The zero-order valence-corrected chi connectivity index (χ0v) is 34.2. The van der Waals surface area contributed by atoms with Crippen molar-refractivity contribution in [1.82, 2.24) is 26.3 Å². The molecule has 57 heavy (non-hydrogen) atoms. The van der Waals surface area contributed by atoms with E-state index in [0.717, 1.165) is 27.6 Å². The van der Waals surface area contributed by atoms with Gasteiger partial charge in [0.25, 0.3) is 0 Å². The summed E-state index contributed by atoms with van der Waals surface area (Å²) in [4.78, 5) is 61.7. The van der Waals surface area contributed by atoms with Gasteiger partial charge in [0.1, 0.15) is 17.7 Å². The van der Waals surface area contributed by atoms with Gasteiger partial charge >= 0.3 is 12.1 Å². The maximum absolute atomic E-state index is 14.4. The number of alkyl carbamates (subject to hydrolysis) is 1. The second-order valence-electron chi connectivity index (χ2n) is 15.0. The van der Waals surface area contributed by atoms with Crippen molar-refractivity contribution in [2.75, 3.05) is 20.7 Å². The van der Waals surface area contributed by atoms with Crippen LogP contribution < -0.4 is 27.0 Å². The van der Waals surface area contributed by atoms with E-state index in [1.807, 2.05) is 72.9 Å². The van der Waals surface area contributed by atoms with Gasteiger partial charge in [0.05, 0.1) is 7.11 Å². The number of methoxy groups -OCH3 is 1. The first-order valence-electron chi connectivity index (χ1n) is 19.2. The number of nitrogens with zero attached hydrogens (tertiary/aromatic N) is 1. The number of aromatic amines is 1. The van der Waals surface area contributed by atoms with Gasteiger partial charge < -0.3 is 41.5 Å². The minimum Gasteiger partial charge on any atom is -0.467 e. The summed E-state index contributed by atoms with van der Waals surface area (Å²) >= 11 is 6.15. The molecular weight excluding hydrogens is 746 g/mol. The number of benzene rings is 3. The zero-order valence-electron chi connectivity index (χ0n) is 33.4. The van der Waals surface area contributed by atoms with Crippen molar-refractivity contribution < 1.29 is 28.7 Å². The summed E-state index contributed by atoms with van der Waals surface area (Å²) in [7, 11) is 2.84. The SMILES string of the molecule is CN=C(N)NCCC[C@H](NC(=O)[C@H](CC[C@H](Cc1ccc(Cl)cc1)NC(=O)OC(C)(C)C)Cc1ccccc1)C(=O)N[C@@H](Cc1c[nH]c2ccccc12)C(=O)OC. The van der Waals surface area contributed by atoms with Crippen LogP contribution in [-0.2, 0) is 43.1 Å². The lowest BCUT2D eigenvalue weighted by atomic mass is 9.90. The molecule has 1 heterocycles. The van der Waals surface area contributed by atoms with Crippen LogP contribution >= 0.6 is 11.6 Å². The number of guanidine groups is 1. The summed E-state index contributed by atoms with van der Waals surface area (Å²) in [5, 5.41) is 13.4.